The topological polar surface area (TPSA) is 61.7 Å². The smallest absolute Gasteiger partial charge is 0.327 e. The van der Waals surface area contributed by atoms with Gasteiger partial charge in [0.15, 0.2) is 0 Å². The molecule has 0 aromatic carbocycles. The van der Waals surface area contributed by atoms with Crippen LogP contribution in [-0.2, 0) is 4.52 Å². The van der Waals surface area contributed by atoms with Crippen molar-refractivity contribution in [2.24, 2.45) is 0 Å². The molecule has 0 spiro atoms. The molecule has 0 unspecified atom stereocenters. The summed E-state index contributed by atoms with van der Waals surface area (Å²) in [5, 5.41) is 3.50. The number of rotatable bonds is 2. The summed E-state index contributed by atoms with van der Waals surface area (Å²) >= 11 is 0. The fraction of sp³-hybridized carbons (Fsp3) is 1.00. The van der Waals surface area contributed by atoms with E-state index < -0.39 is 8.60 Å². The SMILES string of the molecule is CC1(C)CC(OP(O)O)CC(C)(C)N1. The molecule has 0 radical (unpaired) electrons. The van der Waals surface area contributed by atoms with Crippen molar-refractivity contribution >= 4 is 8.60 Å². The summed E-state index contributed by atoms with van der Waals surface area (Å²) in [4.78, 5) is 17.6. The Hall–Kier alpha value is 0.270. The van der Waals surface area contributed by atoms with E-state index in [9.17, 15) is 0 Å². The van der Waals surface area contributed by atoms with Crippen molar-refractivity contribution in [3.05, 3.63) is 0 Å². The summed E-state index contributed by atoms with van der Waals surface area (Å²) in [7, 11) is -2.23. The molecular formula is C9H20NO3P. The third-order valence-corrected chi connectivity index (χ3v) is 2.88. The monoisotopic (exact) mass is 221 g/mol. The average Bonchev–Trinajstić information content (AvgIpc) is 1.74. The zero-order chi connectivity index (χ0) is 11.0. The maximum Gasteiger partial charge on any atom is 0.327 e. The lowest BCUT2D eigenvalue weighted by Gasteiger charge is -2.46. The standard InChI is InChI=1S/C9H20NO3P/c1-8(2)5-7(13-14(11)12)6-9(3,4)10-8/h7,10-12H,5-6H2,1-4H3. The molecule has 1 heterocycles. The molecular weight excluding hydrogens is 201 g/mol. The first-order valence-corrected chi connectivity index (χ1v) is 6.01. The fourth-order valence-corrected chi connectivity index (χ4v) is 2.85. The molecule has 0 bridgehead atoms. The average molecular weight is 221 g/mol. The van der Waals surface area contributed by atoms with Crippen molar-refractivity contribution in [1.29, 1.82) is 0 Å². The molecule has 1 saturated heterocycles. The maximum absolute atomic E-state index is 8.82. The fourth-order valence-electron chi connectivity index (χ4n) is 2.44. The van der Waals surface area contributed by atoms with Crippen LogP contribution in [0.4, 0.5) is 0 Å². The molecule has 1 fully saturated rings. The Morgan fingerprint density at radius 2 is 1.57 bits per heavy atom. The minimum Gasteiger partial charge on any atom is -0.328 e. The van der Waals surface area contributed by atoms with Crippen LogP contribution < -0.4 is 5.32 Å². The zero-order valence-corrected chi connectivity index (χ0v) is 10.1. The summed E-state index contributed by atoms with van der Waals surface area (Å²) < 4.78 is 5.10. The molecule has 3 N–H and O–H groups in total. The highest BCUT2D eigenvalue weighted by Gasteiger charge is 2.38. The third kappa shape index (κ3) is 3.79. The van der Waals surface area contributed by atoms with Crippen LogP contribution in [0.15, 0.2) is 0 Å². The molecule has 1 aliphatic heterocycles. The second-order valence-electron chi connectivity index (χ2n) is 5.28. The van der Waals surface area contributed by atoms with Gasteiger partial charge in [-0.1, -0.05) is 0 Å². The van der Waals surface area contributed by atoms with E-state index >= 15 is 0 Å². The van der Waals surface area contributed by atoms with Crippen molar-refractivity contribution in [2.45, 2.75) is 57.7 Å². The normalized spacial score (nSPS) is 26.8. The van der Waals surface area contributed by atoms with E-state index in [1.54, 1.807) is 0 Å². The van der Waals surface area contributed by atoms with Crippen LogP contribution in [0.2, 0.25) is 0 Å². The molecule has 0 aromatic heterocycles. The van der Waals surface area contributed by atoms with Crippen LogP contribution in [0.25, 0.3) is 0 Å². The summed E-state index contributed by atoms with van der Waals surface area (Å²) in [5.41, 5.74) is -0.0322. The lowest BCUT2D eigenvalue weighted by atomic mass is 9.81. The highest BCUT2D eigenvalue weighted by Crippen LogP contribution is 2.37. The molecule has 0 aliphatic carbocycles. The first-order valence-electron chi connectivity index (χ1n) is 4.84. The van der Waals surface area contributed by atoms with Crippen molar-refractivity contribution in [1.82, 2.24) is 5.32 Å². The molecule has 5 heteroatoms. The van der Waals surface area contributed by atoms with Gasteiger partial charge in [-0.2, -0.15) is 0 Å². The van der Waals surface area contributed by atoms with E-state index in [1.807, 2.05) is 0 Å². The van der Waals surface area contributed by atoms with Gasteiger partial charge in [0.25, 0.3) is 0 Å². The highest BCUT2D eigenvalue weighted by molar-refractivity contribution is 7.39. The number of hydrogen-bond acceptors (Lipinski definition) is 4. The highest BCUT2D eigenvalue weighted by atomic mass is 31.2. The van der Waals surface area contributed by atoms with Crippen molar-refractivity contribution in [2.75, 3.05) is 0 Å². The van der Waals surface area contributed by atoms with Crippen molar-refractivity contribution in [3.63, 3.8) is 0 Å². The zero-order valence-electron chi connectivity index (χ0n) is 9.24. The van der Waals surface area contributed by atoms with Crippen LogP contribution in [0, 0.1) is 0 Å². The molecule has 0 amide bonds. The van der Waals surface area contributed by atoms with E-state index in [2.05, 4.69) is 33.0 Å². The van der Waals surface area contributed by atoms with Gasteiger partial charge in [-0.3, -0.25) is 0 Å². The quantitative estimate of drug-likeness (QED) is 0.619. The number of piperidine rings is 1. The predicted molar refractivity (Wildman–Crippen MR) is 56.8 cm³/mol. The summed E-state index contributed by atoms with van der Waals surface area (Å²) in [6.07, 6.45) is 1.54. The number of hydrogen-bond donors (Lipinski definition) is 3. The van der Waals surface area contributed by atoms with Crippen LogP contribution in [-0.4, -0.2) is 27.0 Å². The second kappa shape index (κ2) is 4.03. The molecule has 1 rings (SSSR count). The van der Waals surface area contributed by atoms with Crippen LogP contribution in [0.5, 0.6) is 0 Å². The molecule has 0 saturated carbocycles. The Balaban J connectivity index is 2.62. The summed E-state index contributed by atoms with van der Waals surface area (Å²) in [6.45, 7) is 8.39. The van der Waals surface area contributed by atoms with E-state index in [0.717, 1.165) is 12.8 Å². The van der Waals surface area contributed by atoms with Gasteiger partial charge < -0.3 is 19.6 Å². The van der Waals surface area contributed by atoms with Crippen molar-refractivity contribution in [3.8, 4) is 0 Å². The Labute approximate surface area is 86.7 Å². The second-order valence-corrected chi connectivity index (χ2v) is 6.00. The van der Waals surface area contributed by atoms with E-state index in [4.69, 9.17) is 14.3 Å². The minimum atomic E-state index is -2.23. The van der Waals surface area contributed by atoms with Gasteiger partial charge >= 0.3 is 8.60 Å². The Bertz CT molecular complexity index is 190. The predicted octanol–water partition coefficient (Wildman–Crippen LogP) is 1.52. The first kappa shape index (κ1) is 12.3. The summed E-state index contributed by atoms with van der Waals surface area (Å²) in [6, 6.07) is 0. The Morgan fingerprint density at radius 1 is 1.14 bits per heavy atom. The summed E-state index contributed by atoms with van der Waals surface area (Å²) in [5.74, 6) is 0. The maximum atomic E-state index is 8.82. The minimum absolute atomic E-state index is 0.0161. The molecule has 0 aromatic rings. The first-order chi connectivity index (χ1) is 6.20. The van der Waals surface area contributed by atoms with Crippen LogP contribution in [0.3, 0.4) is 0 Å². The molecule has 14 heavy (non-hydrogen) atoms. The molecule has 1 aliphatic rings. The van der Waals surface area contributed by atoms with E-state index in [-0.39, 0.29) is 17.2 Å². The largest absolute Gasteiger partial charge is 0.328 e. The lowest BCUT2D eigenvalue weighted by molar-refractivity contribution is 0.0480. The van der Waals surface area contributed by atoms with Crippen LogP contribution in [0.1, 0.15) is 40.5 Å². The van der Waals surface area contributed by atoms with Gasteiger partial charge in [-0.05, 0) is 40.5 Å². The van der Waals surface area contributed by atoms with Gasteiger partial charge in [-0.15, -0.1) is 0 Å². The molecule has 4 nitrogen and oxygen atoms in total. The van der Waals surface area contributed by atoms with Gasteiger partial charge in [0, 0.05) is 11.1 Å². The van der Waals surface area contributed by atoms with Crippen molar-refractivity contribution < 1.29 is 14.3 Å². The molecule has 0 atom stereocenters. The van der Waals surface area contributed by atoms with E-state index in [1.165, 1.54) is 0 Å². The van der Waals surface area contributed by atoms with Gasteiger partial charge in [-0.25, -0.2) is 0 Å². The van der Waals surface area contributed by atoms with Gasteiger partial charge in [0.2, 0.25) is 0 Å². The van der Waals surface area contributed by atoms with Gasteiger partial charge in [0.05, 0.1) is 6.10 Å². The molecule has 84 valence electrons. The Kier molecular flexibility index (Phi) is 3.55. The van der Waals surface area contributed by atoms with Gasteiger partial charge in [0.1, 0.15) is 0 Å². The Morgan fingerprint density at radius 3 is 1.93 bits per heavy atom. The third-order valence-electron chi connectivity index (χ3n) is 2.40. The lowest BCUT2D eigenvalue weighted by Crippen LogP contribution is -2.59. The number of nitrogens with one attached hydrogen (secondary N) is 1. The van der Waals surface area contributed by atoms with E-state index in [0.29, 0.717) is 0 Å². The van der Waals surface area contributed by atoms with Crippen LogP contribution >= 0.6 is 8.60 Å².